The zero-order chi connectivity index (χ0) is 14.4. The normalized spacial score (nSPS) is 12.3. The summed E-state index contributed by atoms with van der Waals surface area (Å²) >= 11 is 5.45. The molecule has 4 heteroatoms. The van der Waals surface area contributed by atoms with E-state index in [-0.39, 0.29) is 0 Å². The first-order valence-electron chi connectivity index (χ1n) is 6.72. The van der Waals surface area contributed by atoms with E-state index in [1.165, 1.54) is 14.9 Å². The fourth-order valence-electron chi connectivity index (χ4n) is 2.37. The van der Waals surface area contributed by atoms with Crippen molar-refractivity contribution in [2.24, 2.45) is 5.92 Å². The largest absolute Gasteiger partial charge is 0.497 e. The lowest BCUT2D eigenvalue weighted by Gasteiger charge is -2.16. The first kappa shape index (κ1) is 15.5. The number of nitrogens with one attached hydrogen (secondary N) is 1. The molecule has 108 valence electrons. The molecule has 0 fully saturated rings. The van der Waals surface area contributed by atoms with Crippen LogP contribution in [0.4, 0.5) is 0 Å². The molecule has 0 radical (unpaired) electrons. The van der Waals surface area contributed by atoms with E-state index in [2.05, 4.69) is 50.9 Å². The van der Waals surface area contributed by atoms with Crippen molar-refractivity contribution in [2.75, 3.05) is 20.7 Å². The van der Waals surface area contributed by atoms with Crippen LogP contribution in [-0.2, 0) is 12.8 Å². The van der Waals surface area contributed by atoms with E-state index in [0.717, 1.165) is 25.1 Å². The molecule has 2 rings (SSSR count). The minimum Gasteiger partial charge on any atom is -0.497 e. The van der Waals surface area contributed by atoms with Gasteiger partial charge in [0.25, 0.3) is 0 Å². The Morgan fingerprint density at radius 1 is 1.30 bits per heavy atom. The van der Waals surface area contributed by atoms with Crippen LogP contribution in [0.15, 0.2) is 40.2 Å². The van der Waals surface area contributed by atoms with Crippen LogP contribution in [0.3, 0.4) is 0 Å². The highest BCUT2D eigenvalue weighted by Crippen LogP contribution is 2.27. The average Bonchev–Trinajstić information content (AvgIpc) is 2.85. The van der Waals surface area contributed by atoms with Gasteiger partial charge < -0.3 is 10.1 Å². The van der Waals surface area contributed by atoms with Crippen LogP contribution in [0.25, 0.3) is 0 Å². The van der Waals surface area contributed by atoms with Gasteiger partial charge >= 0.3 is 0 Å². The summed E-state index contributed by atoms with van der Waals surface area (Å²) in [6.07, 6.45) is 2.15. The van der Waals surface area contributed by atoms with Crippen molar-refractivity contribution >= 4 is 27.3 Å². The van der Waals surface area contributed by atoms with E-state index in [9.17, 15) is 0 Å². The van der Waals surface area contributed by atoms with Gasteiger partial charge in [-0.1, -0.05) is 12.1 Å². The van der Waals surface area contributed by atoms with Gasteiger partial charge in [-0.2, -0.15) is 0 Å². The average molecular weight is 354 g/mol. The molecule has 2 nitrogen and oxygen atoms in total. The standard InChI is InChI=1S/C16H20BrNOS/c1-18-11-13(10-16-15(17)6-7-20-16)8-12-4-3-5-14(9-12)19-2/h3-7,9,13,18H,8,10-11H2,1-2H3. The Hall–Kier alpha value is -0.840. The predicted octanol–water partition coefficient (Wildman–Crippen LogP) is 4.14. The molecule has 1 aromatic carbocycles. The molecule has 0 aliphatic heterocycles. The maximum absolute atomic E-state index is 5.30. The summed E-state index contributed by atoms with van der Waals surface area (Å²) in [5.74, 6) is 1.52. The third kappa shape index (κ3) is 4.33. The molecule has 1 heterocycles. The first-order valence-corrected chi connectivity index (χ1v) is 8.39. The van der Waals surface area contributed by atoms with Crippen molar-refractivity contribution in [2.45, 2.75) is 12.8 Å². The minimum atomic E-state index is 0.585. The molecule has 20 heavy (non-hydrogen) atoms. The Balaban J connectivity index is 2.06. The van der Waals surface area contributed by atoms with Crippen molar-refractivity contribution in [3.63, 3.8) is 0 Å². The maximum Gasteiger partial charge on any atom is 0.119 e. The Kier molecular flexibility index (Phi) is 6.07. The SMILES string of the molecule is CNCC(Cc1cccc(OC)c1)Cc1sccc1Br. The van der Waals surface area contributed by atoms with Gasteiger partial charge in [-0.3, -0.25) is 0 Å². The highest BCUT2D eigenvalue weighted by Gasteiger charge is 2.13. The van der Waals surface area contributed by atoms with Gasteiger partial charge in [0.05, 0.1) is 7.11 Å². The molecule has 0 bridgehead atoms. The summed E-state index contributed by atoms with van der Waals surface area (Å²) < 4.78 is 6.53. The van der Waals surface area contributed by atoms with E-state index in [0.29, 0.717) is 5.92 Å². The molecule has 0 saturated heterocycles. The number of ether oxygens (including phenoxy) is 1. The monoisotopic (exact) mass is 353 g/mol. The molecule has 0 saturated carbocycles. The van der Waals surface area contributed by atoms with Crippen LogP contribution in [-0.4, -0.2) is 20.7 Å². The topological polar surface area (TPSA) is 21.3 Å². The zero-order valence-electron chi connectivity index (χ0n) is 11.9. The molecule has 0 aliphatic carbocycles. The number of methoxy groups -OCH3 is 1. The summed E-state index contributed by atoms with van der Waals surface area (Å²) in [4.78, 5) is 1.42. The zero-order valence-corrected chi connectivity index (χ0v) is 14.3. The lowest BCUT2D eigenvalue weighted by molar-refractivity contribution is 0.413. The van der Waals surface area contributed by atoms with Crippen LogP contribution in [0.1, 0.15) is 10.4 Å². The van der Waals surface area contributed by atoms with Crippen LogP contribution in [0.5, 0.6) is 5.75 Å². The van der Waals surface area contributed by atoms with Crippen molar-refractivity contribution in [1.29, 1.82) is 0 Å². The molecule has 0 amide bonds. The summed E-state index contributed by atoms with van der Waals surface area (Å²) in [7, 11) is 3.73. The van der Waals surface area contributed by atoms with E-state index in [1.54, 1.807) is 7.11 Å². The Morgan fingerprint density at radius 3 is 2.80 bits per heavy atom. The number of hydrogen-bond donors (Lipinski definition) is 1. The van der Waals surface area contributed by atoms with Gasteiger partial charge in [0, 0.05) is 9.35 Å². The lowest BCUT2D eigenvalue weighted by Crippen LogP contribution is -2.22. The summed E-state index contributed by atoms with van der Waals surface area (Å²) in [5, 5.41) is 5.45. The van der Waals surface area contributed by atoms with Gasteiger partial charge in [-0.25, -0.2) is 0 Å². The number of hydrogen-bond acceptors (Lipinski definition) is 3. The minimum absolute atomic E-state index is 0.585. The maximum atomic E-state index is 5.30. The van der Waals surface area contributed by atoms with E-state index in [4.69, 9.17) is 4.74 Å². The second-order valence-corrected chi connectivity index (χ2v) is 6.73. The lowest BCUT2D eigenvalue weighted by atomic mass is 9.95. The summed E-state index contributed by atoms with van der Waals surface area (Å²) in [5.41, 5.74) is 1.33. The summed E-state index contributed by atoms with van der Waals surface area (Å²) in [6.45, 7) is 1.02. The quantitative estimate of drug-likeness (QED) is 0.807. The number of benzene rings is 1. The van der Waals surface area contributed by atoms with Gasteiger partial charge in [-0.15, -0.1) is 11.3 Å². The first-order chi connectivity index (χ1) is 9.72. The molecule has 1 N–H and O–H groups in total. The molecule has 0 spiro atoms. The second-order valence-electron chi connectivity index (χ2n) is 4.88. The molecular weight excluding hydrogens is 334 g/mol. The van der Waals surface area contributed by atoms with Crippen LogP contribution in [0.2, 0.25) is 0 Å². The second kappa shape index (κ2) is 7.81. The number of rotatable bonds is 7. The summed E-state index contributed by atoms with van der Waals surface area (Å²) in [6, 6.07) is 10.5. The van der Waals surface area contributed by atoms with Crippen molar-refractivity contribution in [3.8, 4) is 5.75 Å². The third-order valence-electron chi connectivity index (χ3n) is 3.32. The van der Waals surface area contributed by atoms with Crippen molar-refractivity contribution in [3.05, 3.63) is 50.6 Å². The third-order valence-corrected chi connectivity index (χ3v) is 5.27. The number of thiophene rings is 1. The fraction of sp³-hybridized carbons (Fsp3) is 0.375. The van der Waals surface area contributed by atoms with Gasteiger partial charge in [0.2, 0.25) is 0 Å². The Labute approximate surface area is 133 Å². The van der Waals surface area contributed by atoms with Gasteiger partial charge in [-0.05, 0) is 77.4 Å². The highest BCUT2D eigenvalue weighted by atomic mass is 79.9. The molecular formula is C16H20BrNOS. The van der Waals surface area contributed by atoms with Gasteiger partial charge in [0.1, 0.15) is 5.75 Å². The van der Waals surface area contributed by atoms with E-state index >= 15 is 0 Å². The molecule has 1 aromatic heterocycles. The van der Waals surface area contributed by atoms with E-state index in [1.807, 2.05) is 24.5 Å². The smallest absolute Gasteiger partial charge is 0.119 e. The van der Waals surface area contributed by atoms with Crippen LogP contribution >= 0.6 is 27.3 Å². The molecule has 1 unspecified atom stereocenters. The van der Waals surface area contributed by atoms with Crippen LogP contribution < -0.4 is 10.1 Å². The highest BCUT2D eigenvalue weighted by molar-refractivity contribution is 9.10. The molecule has 1 atom stereocenters. The Bertz CT molecular complexity index is 541. The van der Waals surface area contributed by atoms with Crippen molar-refractivity contribution < 1.29 is 4.74 Å². The van der Waals surface area contributed by atoms with E-state index < -0.39 is 0 Å². The Morgan fingerprint density at radius 2 is 2.15 bits per heavy atom. The predicted molar refractivity (Wildman–Crippen MR) is 89.8 cm³/mol. The number of halogens is 1. The molecule has 0 aliphatic rings. The van der Waals surface area contributed by atoms with Crippen molar-refractivity contribution in [1.82, 2.24) is 5.32 Å². The molecule has 2 aromatic rings. The van der Waals surface area contributed by atoms with Crippen LogP contribution in [0, 0.1) is 5.92 Å². The van der Waals surface area contributed by atoms with Gasteiger partial charge in [0.15, 0.2) is 0 Å². The fourth-order valence-corrected chi connectivity index (χ4v) is 4.00.